The van der Waals surface area contributed by atoms with Crippen LogP contribution < -0.4 is 10.1 Å². The van der Waals surface area contributed by atoms with Crippen molar-refractivity contribution < 1.29 is 14.6 Å². The molecule has 3 aromatic rings. The maximum atomic E-state index is 12.4. The molecule has 0 spiro atoms. The molecule has 0 saturated heterocycles. The molecule has 0 atom stereocenters. The number of ether oxygens (including phenoxy) is 1. The topological polar surface area (TPSA) is 71.5 Å². The van der Waals surface area contributed by atoms with Crippen molar-refractivity contribution >= 4 is 22.4 Å². The van der Waals surface area contributed by atoms with E-state index in [1.54, 1.807) is 6.07 Å². The highest BCUT2D eigenvalue weighted by Crippen LogP contribution is 2.31. The van der Waals surface area contributed by atoms with Gasteiger partial charge in [0.25, 0.3) is 5.91 Å². The first-order valence-electron chi connectivity index (χ1n) is 8.11. The lowest BCUT2D eigenvalue weighted by Gasteiger charge is -2.09. The smallest absolute Gasteiger partial charge is 0.261 e. The summed E-state index contributed by atoms with van der Waals surface area (Å²) in [6, 6.07) is 8.79. The summed E-state index contributed by atoms with van der Waals surface area (Å²) in [6.45, 7) is 6.18. The molecule has 5 nitrogen and oxygen atoms in total. The van der Waals surface area contributed by atoms with Gasteiger partial charge in [-0.25, -0.2) is 4.98 Å². The van der Waals surface area contributed by atoms with E-state index < -0.39 is 5.91 Å². The number of carbonyl (C=O) groups excluding carboxylic acids is 1. The van der Waals surface area contributed by atoms with Crippen LogP contribution in [0.1, 0.15) is 27.0 Å². The second-order valence-electron chi connectivity index (χ2n) is 6.15. The molecule has 0 saturated carbocycles. The number of hydrogen-bond acceptors (Lipinski definition) is 5. The Hall–Kier alpha value is -2.86. The molecule has 134 valence electrons. The van der Waals surface area contributed by atoms with Crippen molar-refractivity contribution in [3.05, 3.63) is 58.0 Å². The van der Waals surface area contributed by atoms with E-state index in [0.717, 1.165) is 22.4 Å². The molecule has 1 amide bonds. The van der Waals surface area contributed by atoms with Gasteiger partial charge in [-0.05, 0) is 44.0 Å². The Morgan fingerprint density at radius 3 is 2.46 bits per heavy atom. The van der Waals surface area contributed by atoms with Crippen LogP contribution in [0.5, 0.6) is 11.5 Å². The van der Waals surface area contributed by atoms with Crippen molar-refractivity contribution in [2.24, 2.45) is 0 Å². The Bertz CT molecular complexity index is 956. The zero-order chi connectivity index (χ0) is 18.8. The Balaban J connectivity index is 1.84. The quantitative estimate of drug-likeness (QED) is 0.700. The van der Waals surface area contributed by atoms with Crippen molar-refractivity contribution in [2.45, 2.75) is 20.8 Å². The van der Waals surface area contributed by atoms with Crippen LogP contribution in [0.4, 0.5) is 5.13 Å². The van der Waals surface area contributed by atoms with Crippen LogP contribution in [0.25, 0.3) is 11.3 Å². The molecule has 0 unspecified atom stereocenters. The molecule has 0 radical (unpaired) electrons. The normalized spacial score (nSPS) is 10.6. The van der Waals surface area contributed by atoms with Gasteiger partial charge in [0, 0.05) is 17.0 Å². The number of benzene rings is 2. The van der Waals surface area contributed by atoms with Gasteiger partial charge < -0.3 is 9.84 Å². The molecule has 6 heteroatoms. The highest BCUT2D eigenvalue weighted by Gasteiger charge is 2.15. The summed E-state index contributed by atoms with van der Waals surface area (Å²) in [5.41, 5.74) is 5.60. The first kappa shape index (κ1) is 17.9. The van der Waals surface area contributed by atoms with Crippen LogP contribution in [0.3, 0.4) is 0 Å². The van der Waals surface area contributed by atoms with Crippen molar-refractivity contribution in [3.63, 3.8) is 0 Å². The maximum Gasteiger partial charge on any atom is 0.261 e. The van der Waals surface area contributed by atoms with Gasteiger partial charge in [0.05, 0.1) is 18.4 Å². The maximum absolute atomic E-state index is 12.4. The van der Waals surface area contributed by atoms with Crippen molar-refractivity contribution in [3.8, 4) is 22.8 Å². The SMILES string of the molecule is COc1ccc(C(=O)Nc2nc(-c3c(C)cc(C)cc3C)cs2)c(O)c1. The van der Waals surface area contributed by atoms with Gasteiger partial charge in [0.2, 0.25) is 0 Å². The number of aryl methyl sites for hydroxylation is 3. The van der Waals surface area contributed by atoms with Crippen LogP contribution in [0, 0.1) is 20.8 Å². The monoisotopic (exact) mass is 368 g/mol. The van der Waals surface area contributed by atoms with Crippen molar-refractivity contribution in [1.29, 1.82) is 0 Å². The number of anilines is 1. The molecule has 1 heterocycles. The number of methoxy groups -OCH3 is 1. The highest BCUT2D eigenvalue weighted by atomic mass is 32.1. The van der Waals surface area contributed by atoms with Gasteiger partial charge in [-0.2, -0.15) is 0 Å². The zero-order valence-corrected chi connectivity index (χ0v) is 15.9. The lowest BCUT2D eigenvalue weighted by Crippen LogP contribution is -2.12. The fraction of sp³-hybridized carbons (Fsp3) is 0.200. The molecule has 0 aliphatic rings. The molecule has 0 aliphatic heterocycles. The molecule has 3 rings (SSSR count). The van der Waals surface area contributed by atoms with Crippen LogP contribution in [0.15, 0.2) is 35.7 Å². The second-order valence-corrected chi connectivity index (χ2v) is 7.01. The summed E-state index contributed by atoms with van der Waals surface area (Å²) < 4.78 is 5.03. The van der Waals surface area contributed by atoms with E-state index in [0.29, 0.717) is 10.9 Å². The van der Waals surface area contributed by atoms with E-state index in [4.69, 9.17) is 4.74 Å². The first-order chi connectivity index (χ1) is 12.4. The molecule has 1 aromatic heterocycles. The third-order valence-electron chi connectivity index (χ3n) is 4.11. The van der Waals surface area contributed by atoms with E-state index in [1.807, 2.05) is 5.38 Å². The van der Waals surface area contributed by atoms with Gasteiger partial charge >= 0.3 is 0 Å². The largest absolute Gasteiger partial charge is 0.507 e. The fourth-order valence-corrected chi connectivity index (χ4v) is 3.72. The molecule has 0 aliphatic carbocycles. The number of rotatable bonds is 4. The Kier molecular flexibility index (Phi) is 4.95. The number of phenols is 1. The van der Waals surface area contributed by atoms with E-state index in [1.165, 1.54) is 36.1 Å². The Morgan fingerprint density at radius 2 is 1.85 bits per heavy atom. The fourth-order valence-electron chi connectivity index (χ4n) is 3.02. The number of phenolic OH excluding ortho intramolecular Hbond substituents is 1. The lowest BCUT2D eigenvalue weighted by atomic mass is 9.98. The van der Waals surface area contributed by atoms with Crippen LogP contribution in [-0.2, 0) is 0 Å². The minimum Gasteiger partial charge on any atom is -0.507 e. The number of nitrogens with zero attached hydrogens (tertiary/aromatic N) is 1. The third kappa shape index (κ3) is 3.55. The van der Waals surface area contributed by atoms with Gasteiger partial charge in [-0.3, -0.25) is 10.1 Å². The van der Waals surface area contributed by atoms with Crippen LogP contribution >= 0.6 is 11.3 Å². The van der Waals surface area contributed by atoms with Crippen molar-refractivity contribution in [1.82, 2.24) is 4.98 Å². The summed E-state index contributed by atoms with van der Waals surface area (Å²) in [7, 11) is 1.50. The molecule has 0 fully saturated rings. The van der Waals surface area contributed by atoms with Gasteiger partial charge in [0.1, 0.15) is 11.5 Å². The average molecular weight is 368 g/mol. The third-order valence-corrected chi connectivity index (χ3v) is 4.87. The summed E-state index contributed by atoms with van der Waals surface area (Å²) in [5.74, 6) is -0.0619. The van der Waals surface area contributed by atoms with Crippen LogP contribution in [-0.4, -0.2) is 23.1 Å². The summed E-state index contributed by atoms with van der Waals surface area (Å²) in [5, 5.41) is 15.2. The molecule has 2 N–H and O–H groups in total. The zero-order valence-electron chi connectivity index (χ0n) is 15.1. The predicted molar refractivity (Wildman–Crippen MR) is 104 cm³/mol. The van der Waals surface area contributed by atoms with E-state index >= 15 is 0 Å². The lowest BCUT2D eigenvalue weighted by molar-refractivity contribution is 0.102. The minimum atomic E-state index is -0.414. The first-order valence-corrected chi connectivity index (χ1v) is 8.99. The van der Waals surface area contributed by atoms with E-state index in [9.17, 15) is 9.90 Å². The molecular formula is C20H20N2O3S. The van der Waals surface area contributed by atoms with E-state index in [-0.39, 0.29) is 11.3 Å². The number of hydrogen-bond donors (Lipinski definition) is 2. The van der Waals surface area contributed by atoms with Crippen molar-refractivity contribution in [2.75, 3.05) is 12.4 Å². The average Bonchev–Trinajstić information content (AvgIpc) is 3.01. The van der Waals surface area contributed by atoms with Gasteiger partial charge in [-0.1, -0.05) is 17.7 Å². The Morgan fingerprint density at radius 1 is 1.15 bits per heavy atom. The standard InChI is InChI=1S/C20H20N2O3S/c1-11-7-12(2)18(13(3)8-11)16-10-26-20(21-16)22-19(24)15-6-5-14(25-4)9-17(15)23/h5-10,23H,1-4H3,(H,21,22,24). The number of aromatic nitrogens is 1. The number of nitrogens with one attached hydrogen (secondary N) is 1. The number of thiazole rings is 1. The Labute approximate surface area is 156 Å². The number of carbonyl (C=O) groups is 1. The summed E-state index contributed by atoms with van der Waals surface area (Å²) >= 11 is 1.35. The minimum absolute atomic E-state index is 0.135. The second kappa shape index (κ2) is 7.17. The highest BCUT2D eigenvalue weighted by molar-refractivity contribution is 7.14. The number of amides is 1. The number of aromatic hydroxyl groups is 1. The molecule has 2 aromatic carbocycles. The summed E-state index contributed by atoms with van der Waals surface area (Å²) in [6.07, 6.45) is 0. The van der Waals surface area contributed by atoms with Gasteiger partial charge in [-0.15, -0.1) is 11.3 Å². The molecular weight excluding hydrogens is 348 g/mol. The van der Waals surface area contributed by atoms with Crippen LogP contribution in [0.2, 0.25) is 0 Å². The van der Waals surface area contributed by atoms with Gasteiger partial charge in [0.15, 0.2) is 5.13 Å². The summed E-state index contributed by atoms with van der Waals surface area (Å²) in [4.78, 5) is 17.0. The predicted octanol–water partition coefficient (Wildman–Crippen LogP) is 4.70. The molecule has 26 heavy (non-hydrogen) atoms. The molecule has 0 bridgehead atoms. The van der Waals surface area contributed by atoms with E-state index in [2.05, 4.69) is 43.2 Å².